The standard InChI is InChI=1S/C21H22N2O4S/c1-15-5-10-19-18(13-15)23(16-6-8-17(27-2)9-7-16)14-20(28(19,25)26)21(24)22-11-3-4-12-22/h5-10,13-14H,3-4,11-12H2,1-2H3. The van der Waals surface area contributed by atoms with Crippen LogP contribution >= 0.6 is 0 Å². The molecule has 0 aliphatic carbocycles. The van der Waals surface area contributed by atoms with Crippen LogP contribution < -0.4 is 9.64 Å². The Kier molecular flexibility index (Phi) is 4.63. The fraction of sp³-hybridized carbons (Fsp3) is 0.286. The highest BCUT2D eigenvalue weighted by atomic mass is 32.2. The lowest BCUT2D eigenvalue weighted by molar-refractivity contribution is -0.125. The van der Waals surface area contributed by atoms with Crippen molar-refractivity contribution in [1.82, 2.24) is 4.90 Å². The van der Waals surface area contributed by atoms with Crippen LogP contribution in [0.2, 0.25) is 0 Å². The van der Waals surface area contributed by atoms with Gasteiger partial charge in [0.25, 0.3) is 5.91 Å². The van der Waals surface area contributed by atoms with Gasteiger partial charge in [-0.2, -0.15) is 0 Å². The summed E-state index contributed by atoms with van der Waals surface area (Å²) in [4.78, 5) is 16.4. The van der Waals surface area contributed by atoms with Gasteiger partial charge in [0.05, 0.1) is 17.7 Å². The zero-order valence-corrected chi connectivity index (χ0v) is 16.7. The Morgan fingerprint density at radius 1 is 1.04 bits per heavy atom. The van der Waals surface area contributed by atoms with E-state index in [1.807, 2.05) is 37.3 Å². The van der Waals surface area contributed by atoms with Crippen molar-refractivity contribution in [3.05, 3.63) is 59.1 Å². The van der Waals surface area contributed by atoms with Gasteiger partial charge in [0.15, 0.2) is 4.91 Å². The Morgan fingerprint density at radius 3 is 2.36 bits per heavy atom. The zero-order chi connectivity index (χ0) is 19.9. The zero-order valence-electron chi connectivity index (χ0n) is 15.9. The number of amides is 1. The lowest BCUT2D eigenvalue weighted by Crippen LogP contribution is -2.35. The third kappa shape index (κ3) is 3.05. The quantitative estimate of drug-likeness (QED) is 0.793. The lowest BCUT2D eigenvalue weighted by atomic mass is 10.2. The number of hydrogen-bond donors (Lipinski definition) is 0. The second kappa shape index (κ2) is 6.98. The average molecular weight is 398 g/mol. The van der Waals surface area contributed by atoms with Crippen LogP contribution in [0, 0.1) is 6.92 Å². The molecule has 0 atom stereocenters. The second-order valence-corrected chi connectivity index (χ2v) is 8.92. The summed E-state index contributed by atoms with van der Waals surface area (Å²) < 4.78 is 31.7. The van der Waals surface area contributed by atoms with Crippen molar-refractivity contribution in [3.8, 4) is 5.75 Å². The van der Waals surface area contributed by atoms with Gasteiger partial charge >= 0.3 is 0 Å². The van der Waals surface area contributed by atoms with Crippen molar-refractivity contribution in [2.24, 2.45) is 0 Å². The molecule has 1 fully saturated rings. The van der Waals surface area contributed by atoms with Crippen LogP contribution in [0.3, 0.4) is 0 Å². The van der Waals surface area contributed by atoms with Crippen molar-refractivity contribution >= 4 is 27.1 Å². The smallest absolute Gasteiger partial charge is 0.267 e. The van der Waals surface area contributed by atoms with Gasteiger partial charge in [-0.05, 0) is 61.7 Å². The van der Waals surface area contributed by atoms with E-state index in [9.17, 15) is 13.2 Å². The van der Waals surface area contributed by atoms with E-state index < -0.39 is 15.7 Å². The van der Waals surface area contributed by atoms with Gasteiger partial charge in [-0.3, -0.25) is 4.79 Å². The third-order valence-electron chi connectivity index (χ3n) is 5.15. The molecule has 28 heavy (non-hydrogen) atoms. The largest absolute Gasteiger partial charge is 0.497 e. The minimum absolute atomic E-state index is 0.152. The molecule has 0 unspecified atom stereocenters. The molecule has 0 aromatic heterocycles. The van der Waals surface area contributed by atoms with E-state index in [2.05, 4.69) is 0 Å². The van der Waals surface area contributed by atoms with Crippen molar-refractivity contribution in [1.29, 1.82) is 0 Å². The van der Waals surface area contributed by atoms with Gasteiger partial charge in [0, 0.05) is 25.0 Å². The number of carbonyl (C=O) groups excluding carboxylic acids is 1. The lowest BCUT2D eigenvalue weighted by Gasteiger charge is -2.30. The molecule has 6 nitrogen and oxygen atoms in total. The number of benzene rings is 2. The van der Waals surface area contributed by atoms with Crippen LogP contribution in [0.25, 0.3) is 0 Å². The molecule has 0 spiro atoms. The number of carbonyl (C=O) groups is 1. The number of methoxy groups -OCH3 is 1. The normalized spacial score (nSPS) is 17.9. The van der Waals surface area contributed by atoms with E-state index >= 15 is 0 Å². The number of ether oxygens (including phenoxy) is 1. The van der Waals surface area contributed by atoms with Gasteiger partial charge in [-0.15, -0.1) is 0 Å². The molecule has 2 aromatic carbocycles. The van der Waals surface area contributed by atoms with Gasteiger partial charge < -0.3 is 14.5 Å². The maximum absolute atomic E-state index is 13.2. The SMILES string of the molecule is COc1ccc(N2C=C(C(=O)N3CCCC3)S(=O)(=O)c3ccc(C)cc32)cc1. The molecular formula is C21H22N2O4S. The summed E-state index contributed by atoms with van der Waals surface area (Å²) >= 11 is 0. The highest BCUT2D eigenvalue weighted by Crippen LogP contribution is 2.41. The molecule has 0 radical (unpaired) electrons. The number of sulfone groups is 1. The van der Waals surface area contributed by atoms with Crippen LogP contribution in [0.15, 0.2) is 58.5 Å². The van der Waals surface area contributed by atoms with Crippen LogP contribution in [-0.4, -0.2) is 39.4 Å². The summed E-state index contributed by atoms with van der Waals surface area (Å²) in [6.07, 6.45) is 3.26. The van der Waals surface area contributed by atoms with Gasteiger partial charge in [0.2, 0.25) is 9.84 Å². The maximum atomic E-state index is 13.2. The fourth-order valence-electron chi connectivity index (χ4n) is 3.62. The number of hydrogen-bond acceptors (Lipinski definition) is 5. The molecule has 146 valence electrons. The summed E-state index contributed by atoms with van der Waals surface area (Å²) in [6.45, 7) is 3.09. The number of likely N-dealkylation sites (tertiary alicyclic amines) is 1. The minimum atomic E-state index is -3.89. The first-order chi connectivity index (χ1) is 13.4. The van der Waals surface area contributed by atoms with Gasteiger partial charge in [-0.25, -0.2) is 8.42 Å². The van der Waals surface area contributed by atoms with Gasteiger partial charge in [0.1, 0.15) is 5.75 Å². The van der Waals surface area contributed by atoms with E-state index in [0.29, 0.717) is 24.5 Å². The molecule has 2 aromatic rings. The molecule has 4 rings (SSSR count). The molecule has 0 N–H and O–H groups in total. The molecule has 1 saturated heterocycles. The molecule has 0 saturated carbocycles. The number of aryl methyl sites for hydroxylation is 1. The number of nitrogens with zero attached hydrogens (tertiary/aromatic N) is 2. The molecule has 2 aliphatic rings. The van der Waals surface area contributed by atoms with E-state index in [1.54, 1.807) is 29.0 Å². The predicted molar refractivity (Wildman–Crippen MR) is 107 cm³/mol. The Bertz CT molecular complexity index is 1050. The van der Waals surface area contributed by atoms with Crippen LogP contribution in [-0.2, 0) is 14.6 Å². The van der Waals surface area contributed by atoms with Crippen molar-refractivity contribution in [3.63, 3.8) is 0 Å². The highest BCUT2D eigenvalue weighted by Gasteiger charge is 2.38. The van der Waals surface area contributed by atoms with Crippen LogP contribution in [0.1, 0.15) is 18.4 Å². The summed E-state index contributed by atoms with van der Waals surface area (Å²) in [6, 6.07) is 12.5. The van der Waals surface area contributed by atoms with Crippen LogP contribution in [0.5, 0.6) is 5.75 Å². The third-order valence-corrected chi connectivity index (χ3v) is 6.94. The Balaban J connectivity index is 1.87. The first-order valence-electron chi connectivity index (χ1n) is 9.22. The molecule has 0 bridgehead atoms. The van der Waals surface area contributed by atoms with Crippen molar-refractivity contribution < 1.29 is 17.9 Å². The topological polar surface area (TPSA) is 66.9 Å². The molecule has 1 amide bonds. The summed E-state index contributed by atoms with van der Waals surface area (Å²) in [5, 5.41) is 0. The summed E-state index contributed by atoms with van der Waals surface area (Å²) in [5.41, 5.74) is 2.24. The first kappa shape index (κ1) is 18.6. The Morgan fingerprint density at radius 2 is 1.71 bits per heavy atom. The second-order valence-electron chi connectivity index (χ2n) is 7.04. The molecule has 2 heterocycles. The molecule has 2 aliphatic heterocycles. The highest BCUT2D eigenvalue weighted by molar-refractivity contribution is 7.96. The van der Waals surface area contributed by atoms with E-state index in [4.69, 9.17) is 4.74 Å². The number of rotatable bonds is 3. The van der Waals surface area contributed by atoms with Crippen molar-refractivity contribution in [2.45, 2.75) is 24.7 Å². The Hall–Kier alpha value is -2.80. The molecule has 7 heteroatoms. The van der Waals surface area contributed by atoms with Crippen molar-refractivity contribution in [2.75, 3.05) is 25.1 Å². The summed E-state index contributed by atoms with van der Waals surface area (Å²) in [5.74, 6) is 0.275. The monoisotopic (exact) mass is 398 g/mol. The minimum Gasteiger partial charge on any atom is -0.497 e. The fourth-order valence-corrected chi connectivity index (χ4v) is 5.14. The van der Waals surface area contributed by atoms with E-state index in [-0.39, 0.29) is 9.80 Å². The maximum Gasteiger partial charge on any atom is 0.267 e. The number of fused-ring (bicyclic) bond motifs is 1. The van der Waals surface area contributed by atoms with Gasteiger partial charge in [-0.1, -0.05) is 6.07 Å². The number of anilines is 2. The Labute approximate surface area is 164 Å². The predicted octanol–water partition coefficient (Wildman–Crippen LogP) is 3.39. The summed E-state index contributed by atoms with van der Waals surface area (Å²) in [7, 11) is -2.30. The van der Waals surface area contributed by atoms with E-state index in [0.717, 1.165) is 24.1 Å². The van der Waals surface area contributed by atoms with E-state index in [1.165, 1.54) is 6.20 Å². The average Bonchev–Trinajstić information content (AvgIpc) is 3.22. The molecular weight excluding hydrogens is 376 g/mol. The van der Waals surface area contributed by atoms with Crippen LogP contribution in [0.4, 0.5) is 11.4 Å². The first-order valence-corrected chi connectivity index (χ1v) is 10.7.